The van der Waals surface area contributed by atoms with E-state index in [4.69, 9.17) is 4.74 Å². The molecule has 0 aliphatic carbocycles. The van der Waals surface area contributed by atoms with E-state index in [1.165, 1.54) is 31.7 Å². The smallest absolute Gasteiger partial charge is 0.193 e. The van der Waals surface area contributed by atoms with E-state index in [1.54, 1.807) is 48.5 Å². The Labute approximate surface area is 202 Å². The number of rotatable bonds is 13. The molecule has 0 bridgehead atoms. The first-order valence-electron chi connectivity index (χ1n) is 12.1. The van der Waals surface area contributed by atoms with Crippen LogP contribution in [0.1, 0.15) is 55.5 Å². The van der Waals surface area contributed by atoms with E-state index in [0.29, 0.717) is 23.3 Å². The van der Waals surface area contributed by atoms with Crippen LogP contribution in [-0.2, 0) is 0 Å². The van der Waals surface area contributed by atoms with E-state index in [-0.39, 0.29) is 17.3 Å². The predicted molar refractivity (Wildman–Crippen MR) is 137 cm³/mol. The number of ether oxygens (including phenoxy) is 1. The van der Waals surface area contributed by atoms with E-state index in [0.717, 1.165) is 30.9 Å². The van der Waals surface area contributed by atoms with Gasteiger partial charge in [0.1, 0.15) is 23.9 Å². The number of phenols is 2. The molecule has 2 N–H and O–H groups in total. The van der Waals surface area contributed by atoms with Gasteiger partial charge in [-0.1, -0.05) is 38.8 Å². The normalized spacial score (nSPS) is 11.0. The van der Waals surface area contributed by atoms with Crippen molar-refractivity contribution in [1.82, 2.24) is 4.90 Å². The molecule has 0 atom stereocenters. The number of carbonyl (C=O) groups excluding carboxylic acids is 1. The summed E-state index contributed by atoms with van der Waals surface area (Å²) in [6.45, 7) is 8.13. The number of phenolic OH excluding ortho intramolecular Hbond substituents is 2. The number of carbonyl (C=O) groups is 1. The molecule has 0 aliphatic heterocycles. The van der Waals surface area contributed by atoms with Crippen molar-refractivity contribution in [3.05, 3.63) is 77.9 Å². The molecular formula is C29H35NO4. The molecule has 0 saturated carbocycles. The molecule has 0 fully saturated rings. The Kier molecular flexibility index (Phi) is 9.53. The highest BCUT2D eigenvalue weighted by molar-refractivity contribution is 6.13. The highest BCUT2D eigenvalue weighted by atomic mass is 16.5. The lowest BCUT2D eigenvalue weighted by atomic mass is 9.93. The lowest BCUT2D eigenvalue weighted by Gasteiger charge is -2.22. The van der Waals surface area contributed by atoms with E-state index < -0.39 is 0 Å². The maximum atomic E-state index is 13.3. The fourth-order valence-corrected chi connectivity index (χ4v) is 3.86. The molecule has 0 amide bonds. The quantitative estimate of drug-likeness (QED) is 0.293. The molecule has 0 aliphatic rings. The van der Waals surface area contributed by atoms with Gasteiger partial charge < -0.3 is 14.9 Å². The molecule has 0 radical (unpaired) electrons. The Morgan fingerprint density at radius 3 is 2.03 bits per heavy atom. The van der Waals surface area contributed by atoms with Crippen LogP contribution in [0, 0.1) is 0 Å². The van der Waals surface area contributed by atoms with Crippen LogP contribution in [0.15, 0.2) is 66.7 Å². The van der Waals surface area contributed by atoms with Crippen LogP contribution in [0.4, 0.5) is 0 Å². The van der Waals surface area contributed by atoms with Crippen molar-refractivity contribution in [2.75, 3.05) is 26.2 Å². The first-order chi connectivity index (χ1) is 16.5. The van der Waals surface area contributed by atoms with E-state index in [1.807, 2.05) is 12.1 Å². The fourth-order valence-electron chi connectivity index (χ4n) is 3.86. The largest absolute Gasteiger partial charge is 0.508 e. The standard InChI is InChI=1S/C29H35NO4/c1-3-5-17-30(18-6-4-2)19-20-34-26-14-9-23(10-15-26)29(33)27-16-13-25(32)21-28(27)22-7-11-24(31)12-8-22/h7-16,21,31-32H,3-6,17-20H2,1-2H3. The van der Waals surface area contributed by atoms with Gasteiger partial charge in [-0.15, -0.1) is 0 Å². The third-order valence-electron chi connectivity index (χ3n) is 5.87. The second-order valence-electron chi connectivity index (χ2n) is 8.53. The summed E-state index contributed by atoms with van der Waals surface area (Å²) in [6.07, 6.45) is 4.77. The zero-order valence-electron chi connectivity index (χ0n) is 20.2. The van der Waals surface area contributed by atoms with Gasteiger partial charge in [0, 0.05) is 17.7 Å². The van der Waals surface area contributed by atoms with Crippen molar-refractivity contribution in [3.63, 3.8) is 0 Å². The third kappa shape index (κ3) is 7.09. The van der Waals surface area contributed by atoms with Crippen LogP contribution in [0.2, 0.25) is 0 Å². The van der Waals surface area contributed by atoms with Crippen molar-refractivity contribution in [2.24, 2.45) is 0 Å². The molecular weight excluding hydrogens is 426 g/mol. The minimum Gasteiger partial charge on any atom is -0.508 e. The van der Waals surface area contributed by atoms with Crippen LogP contribution in [0.5, 0.6) is 17.2 Å². The van der Waals surface area contributed by atoms with Crippen LogP contribution >= 0.6 is 0 Å². The monoisotopic (exact) mass is 461 g/mol. The summed E-state index contributed by atoms with van der Waals surface area (Å²) in [5.41, 5.74) is 2.39. The van der Waals surface area contributed by atoms with Gasteiger partial charge in [-0.2, -0.15) is 0 Å². The summed E-state index contributed by atoms with van der Waals surface area (Å²) in [4.78, 5) is 15.7. The van der Waals surface area contributed by atoms with Crippen LogP contribution < -0.4 is 4.74 Å². The minimum absolute atomic E-state index is 0.0790. The number of aromatic hydroxyl groups is 2. The average molecular weight is 462 g/mol. The Balaban J connectivity index is 1.67. The van der Waals surface area contributed by atoms with Gasteiger partial charge in [-0.25, -0.2) is 0 Å². The molecule has 0 unspecified atom stereocenters. The topological polar surface area (TPSA) is 70.0 Å². The lowest BCUT2D eigenvalue weighted by Crippen LogP contribution is -2.30. The molecule has 180 valence electrons. The van der Waals surface area contributed by atoms with Gasteiger partial charge in [0.05, 0.1) is 0 Å². The van der Waals surface area contributed by atoms with E-state index in [9.17, 15) is 15.0 Å². The zero-order valence-corrected chi connectivity index (χ0v) is 20.2. The molecule has 0 aromatic heterocycles. The van der Waals surface area contributed by atoms with Crippen molar-refractivity contribution in [1.29, 1.82) is 0 Å². The zero-order chi connectivity index (χ0) is 24.3. The lowest BCUT2D eigenvalue weighted by molar-refractivity contribution is 0.103. The van der Waals surface area contributed by atoms with Crippen molar-refractivity contribution < 1.29 is 19.7 Å². The summed E-state index contributed by atoms with van der Waals surface area (Å²) in [7, 11) is 0. The van der Waals surface area contributed by atoms with Gasteiger partial charge in [-0.3, -0.25) is 9.69 Å². The number of hydrogen-bond acceptors (Lipinski definition) is 5. The van der Waals surface area contributed by atoms with Gasteiger partial charge in [0.2, 0.25) is 0 Å². The molecule has 0 heterocycles. The highest BCUT2D eigenvalue weighted by Crippen LogP contribution is 2.30. The summed E-state index contributed by atoms with van der Waals surface area (Å²) < 4.78 is 5.95. The third-order valence-corrected chi connectivity index (χ3v) is 5.87. The van der Waals surface area contributed by atoms with Gasteiger partial charge >= 0.3 is 0 Å². The summed E-state index contributed by atoms with van der Waals surface area (Å²) in [6, 6.07) is 18.5. The van der Waals surface area contributed by atoms with Crippen molar-refractivity contribution >= 4 is 5.78 Å². The maximum absolute atomic E-state index is 13.3. The predicted octanol–water partition coefficient (Wildman–Crippen LogP) is 6.28. The Hall–Kier alpha value is -3.31. The summed E-state index contributed by atoms with van der Waals surface area (Å²) in [5.74, 6) is 0.827. The minimum atomic E-state index is -0.139. The number of benzene rings is 3. The molecule has 5 heteroatoms. The highest BCUT2D eigenvalue weighted by Gasteiger charge is 2.16. The summed E-state index contributed by atoms with van der Waals surface area (Å²) in [5, 5.41) is 19.6. The Morgan fingerprint density at radius 2 is 1.41 bits per heavy atom. The molecule has 3 aromatic rings. The van der Waals surface area contributed by atoms with Crippen LogP contribution in [0.25, 0.3) is 11.1 Å². The van der Waals surface area contributed by atoms with Crippen molar-refractivity contribution in [2.45, 2.75) is 39.5 Å². The molecule has 3 rings (SSSR count). The number of unbranched alkanes of at least 4 members (excludes halogenated alkanes) is 2. The molecule has 34 heavy (non-hydrogen) atoms. The fraction of sp³-hybridized carbons (Fsp3) is 0.345. The van der Waals surface area contributed by atoms with Crippen LogP contribution in [0.3, 0.4) is 0 Å². The summed E-state index contributed by atoms with van der Waals surface area (Å²) >= 11 is 0. The maximum Gasteiger partial charge on any atom is 0.193 e. The molecule has 0 spiro atoms. The second kappa shape index (κ2) is 12.8. The number of nitrogens with zero attached hydrogens (tertiary/aromatic N) is 1. The molecule has 3 aromatic carbocycles. The van der Waals surface area contributed by atoms with Gasteiger partial charge in [0.15, 0.2) is 5.78 Å². The first kappa shape index (κ1) is 25.3. The Bertz CT molecular complexity index is 1040. The van der Waals surface area contributed by atoms with Gasteiger partial charge in [0.25, 0.3) is 0 Å². The van der Waals surface area contributed by atoms with E-state index >= 15 is 0 Å². The molecule has 5 nitrogen and oxygen atoms in total. The number of hydrogen-bond donors (Lipinski definition) is 2. The Morgan fingerprint density at radius 1 is 0.794 bits per heavy atom. The van der Waals surface area contributed by atoms with E-state index in [2.05, 4.69) is 18.7 Å². The number of ketones is 1. The van der Waals surface area contributed by atoms with Crippen molar-refractivity contribution in [3.8, 4) is 28.4 Å². The van der Waals surface area contributed by atoms with Gasteiger partial charge in [-0.05, 0) is 91.7 Å². The first-order valence-corrected chi connectivity index (χ1v) is 12.1. The molecule has 0 saturated heterocycles. The SMILES string of the molecule is CCCCN(CCCC)CCOc1ccc(C(=O)c2ccc(O)cc2-c2ccc(O)cc2)cc1. The second-order valence-corrected chi connectivity index (χ2v) is 8.53. The average Bonchev–Trinajstić information content (AvgIpc) is 2.86. The van der Waals surface area contributed by atoms with Crippen LogP contribution in [-0.4, -0.2) is 47.1 Å².